The van der Waals surface area contributed by atoms with Gasteiger partial charge in [-0.05, 0) is 61.7 Å². The molecule has 0 spiro atoms. The monoisotopic (exact) mass is 353 g/mol. The van der Waals surface area contributed by atoms with Gasteiger partial charge in [-0.25, -0.2) is 0 Å². The van der Waals surface area contributed by atoms with Crippen molar-refractivity contribution in [3.8, 4) is 5.75 Å². The molecule has 1 amide bonds. The third-order valence-electron chi connectivity index (χ3n) is 4.91. The molecule has 0 unspecified atom stereocenters. The number of methoxy groups -OCH3 is 1. The van der Waals surface area contributed by atoms with E-state index in [-0.39, 0.29) is 11.9 Å². The summed E-state index contributed by atoms with van der Waals surface area (Å²) in [4.78, 5) is 21.1. The molecule has 2 aromatic rings. The second kappa shape index (κ2) is 8.81. The van der Waals surface area contributed by atoms with E-state index in [1.54, 1.807) is 19.5 Å². The number of amides is 1. The van der Waals surface area contributed by atoms with Crippen LogP contribution >= 0.6 is 0 Å². The van der Waals surface area contributed by atoms with Crippen LogP contribution in [0.4, 0.5) is 0 Å². The predicted octanol–water partition coefficient (Wildman–Crippen LogP) is 3.28. The van der Waals surface area contributed by atoms with Gasteiger partial charge in [-0.3, -0.25) is 14.7 Å². The second-order valence-electron chi connectivity index (χ2n) is 6.90. The van der Waals surface area contributed by atoms with Crippen molar-refractivity contribution in [2.75, 3.05) is 27.2 Å². The molecule has 1 aromatic carbocycles. The lowest BCUT2D eigenvalue weighted by molar-refractivity contribution is -0.136. The van der Waals surface area contributed by atoms with Gasteiger partial charge < -0.3 is 9.64 Å². The highest BCUT2D eigenvalue weighted by atomic mass is 16.5. The molecule has 138 valence electrons. The van der Waals surface area contributed by atoms with Crippen LogP contribution in [0.5, 0.6) is 5.75 Å². The first kappa shape index (κ1) is 18.4. The third-order valence-corrected chi connectivity index (χ3v) is 4.91. The van der Waals surface area contributed by atoms with Gasteiger partial charge in [0.25, 0.3) is 0 Å². The number of piperidine rings is 1. The fourth-order valence-electron chi connectivity index (χ4n) is 3.60. The van der Waals surface area contributed by atoms with E-state index < -0.39 is 0 Å². The molecule has 3 rings (SSSR count). The van der Waals surface area contributed by atoms with Gasteiger partial charge in [-0.2, -0.15) is 0 Å². The lowest BCUT2D eigenvalue weighted by Crippen LogP contribution is -2.43. The van der Waals surface area contributed by atoms with Crippen LogP contribution in [0, 0.1) is 0 Å². The minimum Gasteiger partial charge on any atom is -0.497 e. The Morgan fingerprint density at radius 2 is 2.08 bits per heavy atom. The number of carbonyl (C=O) groups is 1. The average Bonchev–Trinajstić information content (AvgIpc) is 2.68. The molecule has 1 aliphatic rings. The van der Waals surface area contributed by atoms with E-state index in [4.69, 9.17) is 4.74 Å². The number of likely N-dealkylation sites (tertiary alicyclic amines) is 1. The first-order chi connectivity index (χ1) is 12.7. The molecule has 5 nitrogen and oxygen atoms in total. The van der Waals surface area contributed by atoms with Gasteiger partial charge in [0.1, 0.15) is 5.75 Å². The highest BCUT2D eigenvalue weighted by Gasteiger charge is 2.28. The Balaban J connectivity index is 1.67. The summed E-state index contributed by atoms with van der Waals surface area (Å²) < 4.78 is 5.36. The molecule has 1 saturated heterocycles. The van der Waals surface area contributed by atoms with Crippen LogP contribution in [-0.2, 0) is 11.3 Å². The molecule has 1 aliphatic heterocycles. The van der Waals surface area contributed by atoms with Gasteiger partial charge in [0, 0.05) is 25.5 Å². The molecule has 0 aliphatic carbocycles. The molecule has 0 saturated carbocycles. The molecule has 2 heterocycles. The summed E-state index contributed by atoms with van der Waals surface area (Å²) in [7, 11) is 3.67. The number of ether oxygens (including phenoxy) is 1. The van der Waals surface area contributed by atoms with Crippen molar-refractivity contribution in [3.63, 3.8) is 0 Å². The Hall–Kier alpha value is -2.40. The Bertz CT molecular complexity index is 720. The predicted molar refractivity (Wildman–Crippen MR) is 102 cm³/mol. The molecular formula is C21H27N3O2. The zero-order valence-corrected chi connectivity index (χ0v) is 15.6. The molecule has 5 heteroatoms. The first-order valence-electron chi connectivity index (χ1n) is 9.18. The number of hydrogen-bond acceptors (Lipinski definition) is 4. The molecule has 0 bridgehead atoms. The van der Waals surface area contributed by atoms with Crippen LogP contribution in [0.3, 0.4) is 0 Å². The summed E-state index contributed by atoms with van der Waals surface area (Å²) in [5.41, 5.74) is 2.33. The fraction of sp³-hybridized carbons (Fsp3) is 0.429. The topological polar surface area (TPSA) is 45.7 Å². The van der Waals surface area contributed by atoms with Crippen LogP contribution in [0.25, 0.3) is 0 Å². The van der Waals surface area contributed by atoms with Crippen LogP contribution in [-0.4, -0.2) is 47.9 Å². The Morgan fingerprint density at radius 3 is 2.85 bits per heavy atom. The smallest absolute Gasteiger partial charge is 0.237 e. The summed E-state index contributed by atoms with van der Waals surface area (Å²) in [6, 6.07) is 12.2. The van der Waals surface area contributed by atoms with Gasteiger partial charge in [0.15, 0.2) is 0 Å². The quantitative estimate of drug-likeness (QED) is 0.800. The summed E-state index contributed by atoms with van der Waals surface area (Å²) in [6.07, 6.45) is 6.80. The van der Waals surface area contributed by atoms with Gasteiger partial charge in [-0.1, -0.05) is 12.1 Å². The van der Waals surface area contributed by atoms with E-state index in [0.29, 0.717) is 6.54 Å². The minimum absolute atomic E-state index is 0.140. The second-order valence-corrected chi connectivity index (χ2v) is 6.90. The summed E-state index contributed by atoms with van der Waals surface area (Å²) >= 11 is 0. The molecular weight excluding hydrogens is 326 g/mol. The maximum atomic E-state index is 13.0. The van der Waals surface area contributed by atoms with Crippen molar-refractivity contribution in [1.29, 1.82) is 0 Å². The lowest BCUT2D eigenvalue weighted by Gasteiger charge is -2.37. The van der Waals surface area contributed by atoms with E-state index in [0.717, 1.165) is 43.7 Å². The maximum absolute atomic E-state index is 13.0. The average molecular weight is 353 g/mol. The van der Waals surface area contributed by atoms with Crippen molar-refractivity contribution < 1.29 is 9.53 Å². The van der Waals surface area contributed by atoms with Crippen molar-refractivity contribution in [2.45, 2.75) is 31.8 Å². The maximum Gasteiger partial charge on any atom is 0.237 e. The van der Waals surface area contributed by atoms with Gasteiger partial charge in [0.2, 0.25) is 5.91 Å². The van der Waals surface area contributed by atoms with Crippen LogP contribution in [0.2, 0.25) is 0 Å². The summed E-state index contributed by atoms with van der Waals surface area (Å²) in [5, 5.41) is 0. The largest absolute Gasteiger partial charge is 0.497 e. The molecule has 0 N–H and O–H groups in total. The van der Waals surface area contributed by atoms with E-state index in [9.17, 15) is 4.79 Å². The van der Waals surface area contributed by atoms with E-state index >= 15 is 0 Å². The zero-order chi connectivity index (χ0) is 18.4. The first-order valence-corrected chi connectivity index (χ1v) is 9.18. The standard InChI is InChI=1S/C21H27N3O2/c1-23(15-17-9-11-22-12-10-17)16-21(25)24-13-4-3-8-20(24)18-6-5-7-19(14-18)26-2/h5-7,9-12,14,20H,3-4,8,13,15-16H2,1-2H3/t20-/m1/s1. The molecule has 26 heavy (non-hydrogen) atoms. The summed E-state index contributed by atoms with van der Waals surface area (Å²) in [6.45, 7) is 1.98. The number of benzene rings is 1. The van der Waals surface area contributed by atoms with E-state index in [1.807, 2.05) is 36.2 Å². The summed E-state index contributed by atoms with van der Waals surface area (Å²) in [5.74, 6) is 1.03. The zero-order valence-electron chi connectivity index (χ0n) is 15.6. The minimum atomic E-state index is 0.140. The highest BCUT2D eigenvalue weighted by molar-refractivity contribution is 5.79. The van der Waals surface area contributed by atoms with Gasteiger partial charge >= 0.3 is 0 Å². The SMILES string of the molecule is COc1cccc([C@H]2CCCCN2C(=O)CN(C)Cc2ccncc2)c1. The van der Waals surface area contributed by atoms with Crippen molar-refractivity contribution in [2.24, 2.45) is 0 Å². The van der Waals surface area contributed by atoms with Crippen LogP contribution in [0.1, 0.15) is 36.4 Å². The van der Waals surface area contributed by atoms with Crippen LogP contribution < -0.4 is 4.74 Å². The number of pyridine rings is 1. The fourth-order valence-corrected chi connectivity index (χ4v) is 3.60. The Kier molecular flexibility index (Phi) is 6.23. The number of likely N-dealkylation sites (N-methyl/N-ethyl adjacent to an activating group) is 1. The number of aromatic nitrogens is 1. The number of rotatable bonds is 6. The highest BCUT2D eigenvalue weighted by Crippen LogP contribution is 2.32. The third kappa shape index (κ3) is 4.61. The normalized spacial score (nSPS) is 17.3. The Morgan fingerprint density at radius 1 is 1.27 bits per heavy atom. The molecule has 0 radical (unpaired) electrons. The van der Waals surface area contributed by atoms with Crippen LogP contribution in [0.15, 0.2) is 48.8 Å². The van der Waals surface area contributed by atoms with Crippen molar-refractivity contribution in [1.82, 2.24) is 14.8 Å². The molecule has 1 atom stereocenters. The molecule has 1 aromatic heterocycles. The van der Waals surface area contributed by atoms with Crippen molar-refractivity contribution >= 4 is 5.91 Å². The van der Waals surface area contributed by atoms with Gasteiger partial charge in [-0.15, -0.1) is 0 Å². The van der Waals surface area contributed by atoms with Gasteiger partial charge in [0.05, 0.1) is 19.7 Å². The van der Waals surface area contributed by atoms with E-state index in [2.05, 4.69) is 22.0 Å². The Labute approximate surface area is 155 Å². The number of hydrogen-bond donors (Lipinski definition) is 0. The van der Waals surface area contributed by atoms with E-state index in [1.165, 1.54) is 5.56 Å². The number of nitrogens with zero attached hydrogens (tertiary/aromatic N) is 3. The number of carbonyl (C=O) groups excluding carboxylic acids is 1. The molecule has 1 fully saturated rings. The lowest BCUT2D eigenvalue weighted by atomic mass is 9.95. The van der Waals surface area contributed by atoms with Crippen molar-refractivity contribution in [3.05, 3.63) is 59.9 Å².